The van der Waals surface area contributed by atoms with Crippen LogP contribution in [0.4, 0.5) is 0 Å². The van der Waals surface area contributed by atoms with Crippen LogP contribution in [-0.2, 0) is 11.3 Å². The predicted octanol–water partition coefficient (Wildman–Crippen LogP) is -5.87. The molecule has 10 heteroatoms. The van der Waals surface area contributed by atoms with Crippen molar-refractivity contribution < 1.29 is 60.6 Å². The van der Waals surface area contributed by atoms with Gasteiger partial charge in [-0.3, -0.25) is 0 Å². The van der Waals surface area contributed by atoms with Gasteiger partial charge in [0, 0.05) is 0 Å². The number of rotatable bonds is 0. The van der Waals surface area contributed by atoms with Crippen LogP contribution in [-0.4, -0.2) is 47.1 Å². The fourth-order valence-corrected chi connectivity index (χ4v) is 0. The van der Waals surface area contributed by atoms with E-state index in [0.717, 1.165) is 0 Å². The van der Waals surface area contributed by atoms with Gasteiger partial charge in [-0.15, -0.1) is 0 Å². The van der Waals surface area contributed by atoms with Gasteiger partial charge in [-0.2, -0.15) is 0 Å². The summed E-state index contributed by atoms with van der Waals surface area (Å²) in [5, 5.41) is 0. The third-order valence-corrected chi connectivity index (χ3v) is 0. The maximum Gasteiger partial charge on any atom is 3.00 e. The summed E-state index contributed by atoms with van der Waals surface area (Å²) >= 11 is -6.56. The van der Waals surface area contributed by atoms with Crippen LogP contribution in [0.2, 0.25) is 0 Å². The normalized spacial score (nSPS) is 3.60. The van der Waals surface area contributed by atoms with E-state index < -0.39 is 47.1 Å². The Labute approximate surface area is 106 Å². The van der Waals surface area contributed by atoms with Crippen LogP contribution in [0.25, 0.3) is 0 Å². The van der Waals surface area contributed by atoms with Crippen LogP contribution >= 0.6 is 0 Å². The summed E-state index contributed by atoms with van der Waals surface area (Å²) in [6.45, 7) is 0. The molecule has 0 aliphatic carbocycles. The predicted molar refractivity (Wildman–Crippen MR) is 23.5 cm³/mol. The molecule has 0 aliphatic heterocycles. The summed E-state index contributed by atoms with van der Waals surface area (Å²) in [6.07, 6.45) is 0. The average molecular weight is 486 g/mol. The Morgan fingerprint density at radius 2 is 0.700 bits per heavy atom. The molecule has 0 saturated heterocycles. The van der Waals surface area contributed by atoms with Crippen LogP contribution in [0.1, 0.15) is 0 Å². The van der Waals surface area contributed by atoms with Crippen molar-refractivity contribution in [3.05, 3.63) is 0 Å². The minimum Gasteiger partial charge on any atom is 3.00 e. The zero-order valence-electron chi connectivity index (χ0n) is 4.46. The van der Waals surface area contributed by atoms with Crippen molar-refractivity contribution in [2.75, 3.05) is 0 Å². The Hall–Kier alpha value is 1.66. The van der Waals surface area contributed by atoms with E-state index >= 15 is 0 Å². The Bertz CT molecular complexity index is 49.7. The molecule has 64 valence electrons. The van der Waals surface area contributed by atoms with E-state index in [4.69, 9.17) is 23.7 Å². The molecule has 6 nitrogen and oxygen atoms in total. The van der Waals surface area contributed by atoms with Gasteiger partial charge in [-0.25, -0.2) is 0 Å². The first-order valence-electron chi connectivity index (χ1n) is 1.41. The largest absolute Gasteiger partial charge is 3.00 e. The van der Waals surface area contributed by atoms with Crippen LogP contribution in [0, 0.1) is 36.9 Å². The molecule has 0 spiro atoms. The monoisotopic (exact) mass is 490 g/mol. The van der Waals surface area contributed by atoms with E-state index in [1.807, 2.05) is 0 Å². The van der Waals surface area contributed by atoms with Gasteiger partial charge in [0.15, 0.2) is 0 Å². The van der Waals surface area contributed by atoms with Crippen molar-refractivity contribution in [1.29, 1.82) is 0 Å². The molecule has 0 aromatic rings. The van der Waals surface area contributed by atoms with Crippen LogP contribution in [0.15, 0.2) is 0 Å². The van der Waals surface area contributed by atoms with E-state index in [1.54, 1.807) is 0 Å². The van der Waals surface area contributed by atoms with E-state index in [-0.39, 0.29) is 36.9 Å². The van der Waals surface area contributed by atoms with E-state index in [1.165, 1.54) is 0 Å². The summed E-state index contributed by atoms with van der Waals surface area (Å²) in [4.78, 5) is 0. The van der Waals surface area contributed by atoms with Gasteiger partial charge < -0.3 is 0 Å². The van der Waals surface area contributed by atoms with E-state index in [0.29, 0.717) is 0 Å². The molecular weight excluding hydrogens is 483 g/mol. The van der Waals surface area contributed by atoms with Crippen molar-refractivity contribution in [2.24, 2.45) is 0 Å². The Kier molecular flexibility index (Phi) is 103. The van der Waals surface area contributed by atoms with Gasteiger partial charge in [0.2, 0.25) is 0 Å². The van der Waals surface area contributed by atoms with E-state index in [9.17, 15) is 0 Å². The fraction of sp³-hybridized carbons (Fsp3) is 0. The second kappa shape index (κ2) is 45.8. The molecule has 0 saturated carbocycles. The topological polar surface area (TPSA) is 120 Å². The smallest absolute Gasteiger partial charge is 3.00 e. The molecule has 0 radical (unpaired) electrons. The molecule has 0 N–H and O–H groups in total. The second-order valence-corrected chi connectivity index (χ2v) is 1.50. The summed E-state index contributed by atoms with van der Waals surface area (Å²) in [5.74, 6) is 0. The molecule has 10 heavy (non-hydrogen) atoms. The molecule has 0 rings (SSSR count). The summed E-state index contributed by atoms with van der Waals surface area (Å²) in [7, 11) is 0. The maximum absolute atomic E-state index is 8.53. The van der Waals surface area contributed by atoms with Crippen molar-refractivity contribution in [1.82, 2.24) is 0 Å². The Morgan fingerprint density at radius 3 is 0.700 bits per heavy atom. The van der Waals surface area contributed by atoms with Crippen molar-refractivity contribution in [2.45, 2.75) is 0 Å². The molecule has 0 amide bonds. The Morgan fingerprint density at radius 1 is 0.700 bits per heavy atom. The second-order valence-electron chi connectivity index (χ2n) is 0.289. The molecule has 0 unspecified atom stereocenters. The first-order valence-corrected chi connectivity index (χ1v) is 7.35. The van der Waals surface area contributed by atoms with Crippen LogP contribution < -0.4 is 12.4 Å². The zero-order chi connectivity index (χ0) is 8.12. The van der Waals surface area contributed by atoms with Crippen LogP contribution in [0.3, 0.4) is 0 Å². The molecule has 0 fully saturated rings. The third kappa shape index (κ3) is 262. The van der Waals surface area contributed by atoms with Crippen molar-refractivity contribution in [3.63, 3.8) is 0 Å². The quantitative estimate of drug-likeness (QED) is 0.315. The molecule has 0 aliphatic rings. The molecule has 0 aromatic heterocycles. The molecule has 0 aromatic carbocycles. The average Bonchev–Trinajstić information content (AvgIpc) is 1.70. The fourth-order valence-electron chi connectivity index (χ4n) is 0. The van der Waals surface area contributed by atoms with Crippen LogP contribution in [0.5, 0.6) is 0 Å². The Balaban J connectivity index is -0.0000000257. The van der Waals surface area contributed by atoms with Gasteiger partial charge in [0.25, 0.3) is 0 Å². The molecular formula is H3Ge3O6Tm. The van der Waals surface area contributed by atoms with Gasteiger partial charge in [-0.05, 0) is 0 Å². The summed E-state index contributed by atoms with van der Waals surface area (Å²) in [6, 6.07) is 0. The van der Waals surface area contributed by atoms with Gasteiger partial charge >= 0.3 is 108 Å². The summed E-state index contributed by atoms with van der Waals surface area (Å²) in [5.41, 5.74) is 0. The van der Waals surface area contributed by atoms with Gasteiger partial charge in [0.1, 0.15) is 0 Å². The minimum atomic E-state index is -2.19. The SMILES string of the molecule is [O]=[GeH][O-].[O]=[GeH][O-].[O]=[GeH][O-].[Tm+3]. The van der Waals surface area contributed by atoms with E-state index in [2.05, 4.69) is 0 Å². The summed E-state index contributed by atoms with van der Waals surface area (Å²) < 4.78 is 51.2. The first-order chi connectivity index (χ1) is 4.24. The minimum absolute atomic E-state index is 0. The van der Waals surface area contributed by atoms with Crippen molar-refractivity contribution in [3.8, 4) is 0 Å². The van der Waals surface area contributed by atoms with Gasteiger partial charge in [0.05, 0.1) is 0 Å². The zero-order valence-corrected chi connectivity index (χ0v) is 13.5. The number of hydrogen-bond acceptors (Lipinski definition) is 6. The standard InChI is InChI=1S/3GeHO2.Tm/c3*2-1-3;/h3*1H;/q3*-1;+3. The molecule has 0 bridgehead atoms. The number of hydrogen-bond donors (Lipinski definition) is 0. The third-order valence-electron chi connectivity index (χ3n) is 0. The maximum atomic E-state index is 8.53. The molecule has 0 atom stereocenters. The first kappa shape index (κ1) is 22.6. The molecule has 0 heterocycles. The van der Waals surface area contributed by atoms with Gasteiger partial charge in [-0.1, -0.05) is 0 Å². The van der Waals surface area contributed by atoms with Crippen molar-refractivity contribution >= 4 is 47.1 Å².